The summed E-state index contributed by atoms with van der Waals surface area (Å²) >= 11 is 0. The first-order chi connectivity index (χ1) is 9.65. The molecule has 0 aliphatic rings. The Kier molecular flexibility index (Phi) is 4.60. The van der Waals surface area contributed by atoms with Crippen molar-refractivity contribution >= 4 is 11.6 Å². The summed E-state index contributed by atoms with van der Waals surface area (Å²) in [4.78, 5) is 15.5. The molecule has 2 rings (SSSR count). The highest BCUT2D eigenvalue weighted by Gasteiger charge is 2.04. The van der Waals surface area contributed by atoms with Gasteiger partial charge in [-0.25, -0.2) is 8.78 Å². The van der Waals surface area contributed by atoms with Crippen LogP contribution in [0.4, 0.5) is 14.5 Å². The van der Waals surface area contributed by atoms with E-state index in [2.05, 4.69) is 15.6 Å². The Balaban J connectivity index is 1.79. The minimum atomic E-state index is -0.952. The van der Waals surface area contributed by atoms with Crippen molar-refractivity contribution in [2.75, 3.05) is 11.9 Å². The van der Waals surface area contributed by atoms with E-state index in [1.165, 1.54) is 6.07 Å². The zero-order chi connectivity index (χ0) is 14.4. The summed E-state index contributed by atoms with van der Waals surface area (Å²) in [6.07, 6.45) is 3.28. The van der Waals surface area contributed by atoms with Gasteiger partial charge in [-0.2, -0.15) is 0 Å². The number of carbonyl (C=O) groups is 1. The van der Waals surface area contributed by atoms with Gasteiger partial charge in [0.05, 0.1) is 6.54 Å². The highest BCUT2D eigenvalue weighted by atomic mass is 19.2. The Labute approximate surface area is 114 Å². The van der Waals surface area contributed by atoms with E-state index in [-0.39, 0.29) is 12.5 Å². The quantitative estimate of drug-likeness (QED) is 0.880. The summed E-state index contributed by atoms with van der Waals surface area (Å²) in [6, 6.07) is 6.97. The number of benzene rings is 1. The number of hydrogen-bond donors (Lipinski definition) is 2. The van der Waals surface area contributed by atoms with E-state index in [4.69, 9.17) is 0 Å². The number of amides is 1. The Morgan fingerprint density at radius 3 is 2.55 bits per heavy atom. The van der Waals surface area contributed by atoms with Crippen molar-refractivity contribution in [2.24, 2.45) is 0 Å². The van der Waals surface area contributed by atoms with Crippen LogP contribution in [0.25, 0.3) is 0 Å². The fourth-order valence-corrected chi connectivity index (χ4v) is 1.55. The van der Waals surface area contributed by atoms with Crippen LogP contribution in [0.3, 0.4) is 0 Å². The molecule has 2 aromatic rings. The number of halogens is 2. The maximum atomic E-state index is 13.0. The van der Waals surface area contributed by atoms with Crippen LogP contribution in [0, 0.1) is 11.6 Å². The first kappa shape index (κ1) is 13.9. The molecule has 6 heteroatoms. The minimum absolute atomic E-state index is 0.0177. The lowest BCUT2D eigenvalue weighted by atomic mass is 10.2. The molecule has 0 saturated heterocycles. The molecule has 2 N–H and O–H groups in total. The van der Waals surface area contributed by atoms with Gasteiger partial charge in [0.2, 0.25) is 5.91 Å². The number of pyridine rings is 1. The number of nitrogens with zero attached hydrogens (tertiary/aromatic N) is 1. The molecule has 0 aliphatic carbocycles. The van der Waals surface area contributed by atoms with Crippen molar-refractivity contribution in [3.63, 3.8) is 0 Å². The second kappa shape index (κ2) is 6.60. The third-order valence-electron chi connectivity index (χ3n) is 2.61. The second-order valence-corrected chi connectivity index (χ2v) is 4.11. The molecule has 0 unspecified atom stereocenters. The van der Waals surface area contributed by atoms with Crippen molar-refractivity contribution in [3.05, 3.63) is 59.9 Å². The van der Waals surface area contributed by atoms with E-state index in [9.17, 15) is 13.6 Å². The highest BCUT2D eigenvalue weighted by Crippen LogP contribution is 2.12. The van der Waals surface area contributed by atoms with Gasteiger partial charge in [-0.15, -0.1) is 0 Å². The summed E-state index contributed by atoms with van der Waals surface area (Å²) in [6.45, 7) is 0.372. The van der Waals surface area contributed by atoms with E-state index in [1.807, 2.05) is 0 Å². The van der Waals surface area contributed by atoms with Gasteiger partial charge in [0.1, 0.15) is 0 Å². The number of anilines is 1. The van der Waals surface area contributed by atoms with Crippen LogP contribution in [-0.2, 0) is 11.3 Å². The average molecular weight is 277 g/mol. The Bertz CT molecular complexity index is 590. The van der Waals surface area contributed by atoms with Crippen molar-refractivity contribution in [3.8, 4) is 0 Å². The lowest BCUT2D eigenvalue weighted by Crippen LogP contribution is -2.29. The molecule has 1 amide bonds. The first-order valence-corrected chi connectivity index (χ1v) is 5.99. The molecule has 0 fully saturated rings. The number of aromatic nitrogens is 1. The van der Waals surface area contributed by atoms with Crippen LogP contribution < -0.4 is 10.6 Å². The predicted molar refractivity (Wildman–Crippen MR) is 70.9 cm³/mol. The van der Waals surface area contributed by atoms with Gasteiger partial charge < -0.3 is 10.6 Å². The molecule has 1 aromatic heterocycles. The van der Waals surface area contributed by atoms with Crippen LogP contribution in [0.15, 0.2) is 42.7 Å². The van der Waals surface area contributed by atoms with E-state index in [0.717, 1.165) is 17.7 Å². The molecule has 4 nitrogen and oxygen atoms in total. The maximum absolute atomic E-state index is 13.0. The van der Waals surface area contributed by atoms with E-state index in [0.29, 0.717) is 12.2 Å². The number of nitrogens with one attached hydrogen (secondary N) is 2. The first-order valence-electron chi connectivity index (χ1n) is 5.99. The average Bonchev–Trinajstić information content (AvgIpc) is 2.47. The second-order valence-electron chi connectivity index (χ2n) is 4.11. The molecule has 20 heavy (non-hydrogen) atoms. The Morgan fingerprint density at radius 2 is 1.85 bits per heavy atom. The van der Waals surface area contributed by atoms with Gasteiger partial charge in [0.25, 0.3) is 0 Å². The maximum Gasteiger partial charge on any atom is 0.239 e. The standard InChI is InChI=1S/C14H13F2N3O/c15-12-2-1-11(7-13(12)16)18-9-14(20)19-8-10-3-5-17-6-4-10/h1-7,18H,8-9H2,(H,19,20). The Hall–Kier alpha value is -2.50. The summed E-state index contributed by atoms with van der Waals surface area (Å²) in [5.41, 5.74) is 1.28. The van der Waals surface area contributed by atoms with Gasteiger partial charge in [-0.1, -0.05) is 0 Å². The molecule has 0 spiro atoms. The van der Waals surface area contributed by atoms with Crippen LogP contribution in [0.5, 0.6) is 0 Å². The van der Waals surface area contributed by atoms with Crippen LogP contribution in [0.1, 0.15) is 5.56 Å². The largest absolute Gasteiger partial charge is 0.376 e. The van der Waals surface area contributed by atoms with Crippen LogP contribution in [-0.4, -0.2) is 17.4 Å². The zero-order valence-electron chi connectivity index (χ0n) is 10.6. The molecular formula is C14H13F2N3O. The van der Waals surface area contributed by atoms with Crippen LogP contribution >= 0.6 is 0 Å². The normalized spacial score (nSPS) is 10.1. The molecule has 104 valence electrons. The van der Waals surface area contributed by atoms with Crippen molar-refractivity contribution in [1.29, 1.82) is 0 Å². The van der Waals surface area contributed by atoms with Gasteiger partial charge in [0.15, 0.2) is 11.6 Å². The van der Waals surface area contributed by atoms with E-state index < -0.39 is 11.6 Å². The molecular weight excluding hydrogens is 264 g/mol. The molecule has 0 saturated carbocycles. The fourth-order valence-electron chi connectivity index (χ4n) is 1.55. The molecule has 0 bridgehead atoms. The number of carbonyl (C=O) groups excluding carboxylic acids is 1. The van der Waals surface area contributed by atoms with Crippen molar-refractivity contribution < 1.29 is 13.6 Å². The summed E-state index contributed by atoms with van der Waals surface area (Å²) in [5, 5.41) is 5.42. The van der Waals surface area contributed by atoms with Crippen molar-refractivity contribution in [1.82, 2.24) is 10.3 Å². The van der Waals surface area contributed by atoms with Gasteiger partial charge in [-0.3, -0.25) is 9.78 Å². The fraction of sp³-hybridized carbons (Fsp3) is 0.143. The smallest absolute Gasteiger partial charge is 0.239 e. The van der Waals surface area contributed by atoms with E-state index >= 15 is 0 Å². The monoisotopic (exact) mass is 277 g/mol. The lowest BCUT2D eigenvalue weighted by Gasteiger charge is -2.08. The zero-order valence-corrected chi connectivity index (χ0v) is 10.6. The van der Waals surface area contributed by atoms with Gasteiger partial charge in [-0.05, 0) is 29.8 Å². The lowest BCUT2D eigenvalue weighted by molar-refractivity contribution is -0.119. The minimum Gasteiger partial charge on any atom is -0.376 e. The summed E-state index contributed by atoms with van der Waals surface area (Å²) in [5.74, 6) is -2.11. The third-order valence-corrected chi connectivity index (χ3v) is 2.61. The summed E-state index contributed by atoms with van der Waals surface area (Å²) in [7, 11) is 0. The predicted octanol–water partition coefficient (Wildman–Crippen LogP) is 2.09. The Morgan fingerprint density at radius 1 is 1.10 bits per heavy atom. The molecule has 0 radical (unpaired) electrons. The molecule has 0 atom stereocenters. The summed E-state index contributed by atoms with van der Waals surface area (Å²) < 4.78 is 25.7. The third kappa shape index (κ3) is 4.01. The topological polar surface area (TPSA) is 54.0 Å². The number of rotatable bonds is 5. The van der Waals surface area contributed by atoms with Crippen molar-refractivity contribution in [2.45, 2.75) is 6.54 Å². The molecule has 1 heterocycles. The number of hydrogen-bond acceptors (Lipinski definition) is 3. The van der Waals surface area contributed by atoms with Gasteiger partial charge in [0, 0.05) is 30.7 Å². The van der Waals surface area contributed by atoms with E-state index in [1.54, 1.807) is 24.5 Å². The molecule has 0 aliphatic heterocycles. The SMILES string of the molecule is O=C(CNc1ccc(F)c(F)c1)NCc1ccncc1. The van der Waals surface area contributed by atoms with Crippen LogP contribution in [0.2, 0.25) is 0 Å². The molecule has 1 aromatic carbocycles. The van der Waals surface area contributed by atoms with Gasteiger partial charge >= 0.3 is 0 Å². The highest BCUT2D eigenvalue weighted by molar-refractivity contribution is 5.80.